The van der Waals surface area contributed by atoms with Crippen LogP contribution in [0.1, 0.15) is 0 Å². The van der Waals surface area contributed by atoms with Crippen LogP contribution in [0.3, 0.4) is 0 Å². The van der Waals surface area contributed by atoms with Crippen molar-refractivity contribution in [1.82, 2.24) is 9.80 Å². The molecule has 1 saturated heterocycles. The van der Waals surface area contributed by atoms with Gasteiger partial charge in [-0.2, -0.15) is 0 Å². The number of amides is 4. The van der Waals surface area contributed by atoms with Crippen LogP contribution in [-0.2, 0) is 9.59 Å². The molecule has 0 unspecified atom stereocenters. The van der Waals surface area contributed by atoms with Gasteiger partial charge in [0, 0.05) is 11.6 Å². The third-order valence-electron chi connectivity index (χ3n) is 2.91. The zero-order valence-corrected chi connectivity index (χ0v) is 13.8. The van der Waals surface area contributed by atoms with Gasteiger partial charge in [-0.25, -0.2) is 4.79 Å². The molecule has 0 aromatic heterocycles. The van der Waals surface area contributed by atoms with Crippen molar-refractivity contribution < 1.29 is 19.1 Å². The largest absolute Gasteiger partial charge is 0.491 e. The highest BCUT2D eigenvalue weighted by Crippen LogP contribution is 2.28. The molecule has 1 fully saturated rings. The fourth-order valence-corrected chi connectivity index (χ4v) is 2.67. The summed E-state index contributed by atoms with van der Waals surface area (Å²) in [6, 6.07) is 4.32. The van der Waals surface area contributed by atoms with Crippen LogP contribution in [-0.4, -0.2) is 47.3 Å². The van der Waals surface area contributed by atoms with Crippen molar-refractivity contribution in [2.45, 2.75) is 0 Å². The maximum Gasteiger partial charge on any atom is 0.334 e. The van der Waals surface area contributed by atoms with E-state index >= 15 is 0 Å². The van der Waals surface area contributed by atoms with Crippen LogP contribution in [0.2, 0.25) is 5.02 Å². The van der Waals surface area contributed by atoms with E-state index in [1.165, 1.54) is 6.08 Å². The Morgan fingerprint density at radius 1 is 1.23 bits per heavy atom. The maximum atomic E-state index is 12.0. The molecule has 1 heterocycles. The fourth-order valence-electron chi connectivity index (χ4n) is 1.88. The summed E-state index contributed by atoms with van der Waals surface area (Å²) >= 11 is 9.11. The van der Waals surface area contributed by atoms with Gasteiger partial charge in [-0.1, -0.05) is 17.7 Å². The number of carbonyl (C=O) groups excluding carboxylic acids is 3. The van der Waals surface area contributed by atoms with Gasteiger partial charge in [0.15, 0.2) is 0 Å². The van der Waals surface area contributed by atoms with Crippen molar-refractivity contribution in [2.24, 2.45) is 0 Å². The molecule has 0 aliphatic carbocycles. The number of carbonyl (C=O) groups is 3. The number of hydrogen-bond donors (Lipinski definition) is 0. The second-order valence-corrected chi connectivity index (χ2v) is 5.66. The van der Waals surface area contributed by atoms with Gasteiger partial charge in [0.1, 0.15) is 12.4 Å². The molecule has 1 aliphatic rings. The highest BCUT2D eigenvalue weighted by Gasteiger charge is 2.43. The first-order valence-electron chi connectivity index (χ1n) is 6.31. The van der Waals surface area contributed by atoms with Crippen LogP contribution in [0.4, 0.5) is 4.79 Å². The molecule has 22 heavy (non-hydrogen) atoms. The number of nitrogens with zero attached hydrogens (tertiary/aromatic N) is 2. The molecule has 1 aromatic rings. The second-order valence-electron chi connectivity index (χ2n) is 4.37. The third-order valence-corrected chi connectivity index (χ3v) is 3.77. The smallest absolute Gasteiger partial charge is 0.334 e. The minimum Gasteiger partial charge on any atom is -0.491 e. The Morgan fingerprint density at radius 2 is 1.91 bits per heavy atom. The normalized spacial score (nSPS) is 14.7. The summed E-state index contributed by atoms with van der Waals surface area (Å²) in [5, 5.41) is 0.551. The molecule has 1 aromatic carbocycles. The van der Waals surface area contributed by atoms with Gasteiger partial charge in [0.25, 0.3) is 0 Å². The summed E-state index contributed by atoms with van der Waals surface area (Å²) < 4.78 is 6.14. The van der Waals surface area contributed by atoms with Crippen molar-refractivity contribution in [3.05, 3.63) is 40.3 Å². The van der Waals surface area contributed by atoms with E-state index in [1.54, 1.807) is 18.2 Å². The maximum absolute atomic E-state index is 12.0. The van der Waals surface area contributed by atoms with Crippen LogP contribution in [0.25, 0.3) is 0 Å². The van der Waals surface area contributed by atoms with E-state index < -0.39 is 17.8 Å². The molecule has 8 heteroatoms. The van der Waals surface area contributed by atoms with E-state index in [0.29, 0.717) is 15.2 Å². The van der Waals surface area contributed by atoms with Gasteiger partial charge in [-0.05, 0) is 34.1 Å². The zero-order chi connectivity index (χ0) is 16.3. The van der Waals surface area contributed by atoms with Gasteiger partial charge in [-0.15, -0.1) is 6.58 Å². The summed E-state index contributed by atoms with van der Waals surface area (Å²) in [5.74, 6) is -1.18. The van der Waals surface area contributed by atoms with Crippen LogP contribution < -0.4 is 4.74 Å². The van der Waals surface area contributed by atoms with Crippen LogP contribution in [0, 0.1) is 0 Å². The number of ether oxygens (including phenoxy) is 1. The Morgan fingerprint density at radius 3 is 2.55 bits per heavy atom. The van der Waals surface area contributed by atoms with E-state index in [2.05, 4.69) is 22.5 Å². The number of benzene rings is 1. The number of urea groups is 1. The molecule has 116 valence electrons. The van der Waals surface area contributed by atoms with E-state index in [0.717, 1.165) is 9.80 Å². The first-order chi connectivity index (χ1) is 10.5. The molecular formula is C14H12BrClN2O4. The van der Waals surface area contributed by atoms with E-state index in [-0.39, 0.29) is 19.7 Å². The highest BCUT2D eigenvalue weighted by atomic mass is 79.9. The second kappa shape index (κ2) is 6.93. The fraction of sp³-hybridized carbons (Fsp3) is 0.214. The standard InChI is InChI=1S/C14H12BrClN2O4/c1-2-5-17-12(19)13(20)18(14(17)21)6-7-22-11-4-3-9(16)8-10(11)15/h2-4,8H,1,5-7H2. The topological polar surface area (TPSA) is 66.9 Å². The van der Waals surface area contributed by atoms with Crippen molar-refractivity contribution in [3.63, 3.8) is 0 Å². The number of hydrogen-bond acceptors (Lipinski definition) is 4. The molecule has 0 atom stereocenters. The van der Waals surface area contributed by atoms with Crippen LogP contribution >= 0.6 is 27.5 Å². The molecule has 6 nitrogen and oxygen atoms in total. The molecule has 0 N–H and O–H groups in total. The van der Waals surface area contributed by atoms with Gasteiger partial charge in [0.2, 0.25) is 0 Å². The first kappa shape index (κ1) is 16.5. The molecule has 0 spiro atoms. The van der Waals surface area contributed by atoms with E-state index in [1.807, 2.05) is 0 Å². The summed E-state index contributed by atoms with van der Waals surface area (Å²) in [7, 11) is 0. The summed E-state index contributed by atoms with van der Waals surface area (Å²) in [4.78, 5) is 37.0. The van der Waals surface area contributed by atoms with Crippen molar-refractivity contribution in [1.29, 1.82) is 0 Å². The Balaban J connectivity index is 1.97. The Hall–Kier alpha value is -1.86. The monoisotopic (exact) mass is 386 g/mol. The summed E-state index contributed by atoms with van der Waals surface area (Å²) in [6.07, 6.45) is 1.38. The molecule has 4 amide bonds. The lowest BCUT2D eigenvalue weighted by Gasteiger charge is -2.15. The predicted octanol–water partition coefficient (Wildman–Crippen LogP) is 2.46. The Labute approximate surface area is 140 Å². The number of rotatable bonds is 6. The molecule has 1 aliphatic heterocycles. The van der Waals surface area contributed by atoms with Gasteiger partial charge in [-0.3, -0.25) is 19.4 Å². The Bertz CT molecular complexity index is 650. The lowest BCUT2D eigenvalue weighted by molar-refractivity contribution is -0.143. The van der Waals surface area contributed by atoms with E-state index in [9.17, 15) is 14.4 Å². The van der Waals surface area contributed by atoms with Crippen LogP contribution in [0.5, 0.6) is 5.75 Å². The molecule has 0 radical (unpaired) electrons. The molecule has 0 bridgehead atoms. The number of halogens is 2. The molecule has 2 rings (SSSR count). The lowest BCUT2D eigenvalue weighted by Crippen LogP contribution is -2.36. The molecular weight excluding hydrogens is 376 g/mol. The predicted molar refractivity (Wildman–Crippen MR) is 83.7 cm³/mol. The first-order valence-corrected chi connectivity index (χ1v) is 7.49. The average molecular weight is 388 g/mol. The molecule has 0 saturated carbocycles. The van der Waals surface area contributed by atoms with Gasteiger partial charge in [0.05, 0.1) is 11.0 Å². The summed E-state index contributed by atoms with van der Waals surface area (Å²) in [5.41, 5.74) is 0. The summed E-state index contributed by atoms with van der Waals surface area (Å²) in [6.45, 7) is 3.49. The van der Waals surface area contributed by atoms with Crippen molar-refractivity contribution >= 4 is 45.4 Å². The highest BCUT2D eigenvalue weighted by molar-refractivity contribution is 9.10. The van der Waals surface area contributed by atoms with Crippen molar-refractivity contribution in [2.75, 3.05) is 19.7 Å². The lowest BCUT2D eigenvalue weighted by atomic mass is 10.3. The Kier molecular flexibility index (Phi) is 5.20. The van der Waals surface area contributed by atoms with Gasteiger partial charge < -0.3 is 4.74 Å². The van der Waals surface area contributed by atoms with Gasteiger partial charge >= 0.3 is 17.8 Å². The van der Waals surface area contributed by atoms with Crippen molar-refractivity contribution in [3.8, 4) is 5.75 Å². The van der Waals surface area contributed by atoms with E-state index in [4.69, 9.17) is 16.3 Å². The average Bonchev–Trinajstić information content (AvgIpc) is 2.67. The zero-order valence-electron chi connectivity index (χ0n) is 11.4. The SMILES string of the molecule is C=CCN1C(=O)C(=O)N(CCOc2ccc(Cl)cc2Br)C1=O. The number of imide groups is 2. The minimum atomic E-state index is -0.856. The van der Waals surface area contributed by atoms with Crippen LogP contribution in [0.15, 0.2) is 35.3 Å². The minimum absolute atomic E-state index is 0.00347. The quantitative estimate of drug-likeness (QED) is 0.427. The third kappa shape index (κ3) is 3.31.